The topological polar surface area (TPSA) is 62.4 Å². The van der Waals surface area contributed by atoms with Crippen LogP contribution in [-0.2, 0) is 6.54 Å². The molecule has 1 saturated heterocycles. The van der Waals surface area contributed by atoms with E-state index in [9.17, 15) is 5.11 Å². The van der Waals surface area contributed by atoms with Gasteiger partial charge in [-0.15, -0.1) is 10.2 Å². The zero-order valence-corrected chi connectivity index (χ0v) is 10.3. The summed E-state index contributed by atoms with van der Waals surface area (Å²) in [6.07, 6.45) is -0.219. The van der Waals surface area contributed by atoms with E-state index in [2.05, 4.69) is 10.2 Å². The van der Waals surface area contributed by atoms with E-state index >= 15 is 0 Å². The summed E-state index contributed by atoms with van der Waals surface area (Å²) in [6.45, 7) is 1.91. The smallest absolute Gasteiger partial charge is 0.247 e. The molecule has 1 aliphatic rings. The lowest BCUT2D eigenvalue weighted by molar-refractivity contribution is -0.00712. The molecular formula is C12H12ClN3O2. The molecule has 1 fully saturated rings. The Kier molecular flexibility index (Phi) is 3.03. The standard InChI is InChI=1S/C12H12ClN3O2/c13-9-3-1-8(2-4-9)12-15-14-11(18-12)7-16-5-10(17)6-16/h1-4,10,17H,5-7H2. The highest BCUT2D eigenvalue weighted by Crippen LogP contribution is 2.21. The van der Waals surface area contributed by atoms with Crippen LogP contribution in [0.15, 0.2) is 28.7 Å². The lowest BCUT2D eigenvalue weighted by atomic mass is 10.2. The lowest BCUT2D eigenvalue weighted by Crippen LogP contribution is -2.49. The first kappa shape index (κ1) is 11.6. The molecule has 0 amide bonds. The number of aliphatic hydroxyl groups excluding tert-OH is 1. The Bertz CT molecular complexity index is 535. The van der Waals surface area contributed by atoms with Gasteiger partial charge in [0.15, 0.2) is 0 Å². The van der Waals surface area contributed by atoms with Gasteiger partial charge in [-0.25, -0.2) is 0 Å². The number of rotatable bonds is 3. The van der Waals surface area contributed by atoms with E-state index in [1.165, 1.54) is 0 Å². The molecule has 3 rings (SSSR count). The molecule has 94 valence electrons. The van der Waals surface area contributed by atoms with Crippen molar-refractivity contribution in [1.29, 1.82) is 0 Å². The van der Waals surface area contributed by atoms with Gasteiger partial charge < -0.3 is 9.52 Å². The van der Waals surface area contributed by atoms with Crippen molar-refractivity contribution < 1.29 is 9.52 Å². The Labute approximate surface area is 109 Å². The fourth-order valence-electron chi connectivity index (χ4n) is 1.89. The van der Waals surface area contributed by atoms with Crippen LogP contribution in [0.1, 0.15) is 5.89 Å². The van der Waals surface area contributed by atoms with Crippen molar-refractivity contribution in [1.82, 2.24) is 15.1 Å². The summed E-state index contributed by atoms with van der Waals surface area (Å²) in [5.74, 6) is 1.05. The van der Waals surface area contributed by atoms with E-state index in [1.807, 2.05) is 17.0 Å². The van der Waals surface area contributed by atoms with Crippen molar-refractivity contribution in [3.05, 3.63) is 35.2 Å². The minimum Gasteiger partial charge on any atom is -0.419 e. The summed E-state index contributed by atoms with van der Waals surface area (Å²) in [6, 6.07) is 7.25. The highest BCUT2D eigenvalue weighted by Gasteiger charge is 2.25. The molecule has 2 heterocycles. The summed E-state index contributed by atoms with van der Waals surface area (Å²) >= 11 is 5.82. The number of halogens is 1. The summed E-state index contributed by atoms with van der Waals surface area (Å²) < 4.78 is 5.56. The van der Waals surface area contributed by atoms with Crippen molar-refractivity contribution >= 4 is 11.6 Å². The predicted molar refractivity (Wildman–Crippen MR) is 66.0 cm³/mol. The third-order valence-electron chi connectivity index (χ3n) is 2.85. The van der Waals surface area contributed by atoms with Crippen LogP contribution in [0.2, 0.25) is 5.02 Å². The molecule has 1 aromatic carbocycles. The maximum absolute atomic E-state index is 9.18. The van der Waals surface area contributed by atoms with Crippen LogP contribution < -0.4 is 0 Å². The first-order valence-corrected chi connectivity index (χ1v) is 6.07. The second-order valence-electron chi connectivity index (χ2n) is 4.36. The summed E-state index contributed by atoms with van der Waals surface area (Å²) in [7, 11) is 0. The normalized spacial score (nSPS) is 16.8. The Hall–Kier alpha value is -1.43. The first-order chi connectivity index (χ1) is 8.70. The van der Waals surface area contributed by atoms with Gasteiger partial charge in [0.1, 0.15) is 0 Å². The van der Waals surface area contributed by atoms with E-state index in [0.717, 1.165) is 5.56 Å². The van der Waals surface area contributed by atoms with Crippen LogP contribution in [0.5, 0.6) is 0 Å². The van der Waals surface area contributed by atoms with Gasteiger partial charge in [0.05, 0.1) is 12.6 Å². The van der Waals surface area contributed by atoms with Crippen LogP contribution in [0.4, 0.5) is 0 Å². The lowest BCUT2D eigenvalue weighted by Gasteiger charge is -2.34. The highest BCUT2D eigenvalue weighted by atomic mass is 35.5. The largest absolute Gasteiger partial charge is 0.419 e. The van der Waals surface area contributed by atoms with E-state index < -0.39 is 0 Å². The second kappa shape index (κ2) is 4.68. The molecule has 0 saturated carbocycles. The Balaban J connectivity index is 1.71. The maximum Gasteiger partial charge on any atom is 0.247 e. The van der Waals surface area contributed by atoms with Crippen molar-refractivity contribution in [2.75, 3.05) is 13.1 Å². The van der Waals surface area contributed by atoms with Gasteiger partial charge in [-0.2, -0.15) is 0 Å². The summed E-state index contributed by atoms with van der Waals surface area (Å²) in [4.78, 5) is 2.05. The summed E-state index contributed by atoms with van der Waals surface area (Å²) in [5, 5.41) is 17.8. The van der Waals surface area contributed by atoms with E-state index in [1.54, 1.807) is 12.1 Å². The van der Waals surface area contributed by atoms with Gasteiger partial charge in [0, 0.05) is 23.7 Å². The van der Waals surface area contributed by atoms with Gasteiger partial charge in [-0.1, -0.05) is 11.6 Å². The second-order valence-corrected chi connectivity index (χ2v) is 4.79. The number of hydrogen-bond donors (Lipinski definition) is 1. The molecule has 1 N–H and O–H groups in total. The Morgan fingerprint density at radius 3 is 2.67 bits per heavy atom. The molecule has 0 radical (unpaired) electrons. The molecular weight excluding hydrogens is 254 g/mol. The van der Waals surface area contributed by atoms with Gasteiger partial charge in [-0.3, -0.25) is 4.90 Å². The number of nitrogens with zero attached hydrogens (tertiary/aromatic N) is 3. The minimum atomic E-state index is -0.219. The first-order valence-electron chi connectivity index (χ1n) is 5.69. The quantitative estimate of drug-likeness (QED) is 0.913. The van der Waals surface area contributed by atoms with Crippen LogP contribution >= 0.6 is 11.6 Å². The molecule has 18 heavy (non-hydrogen) atoms. The molecule has 0 spiro atoms. The van der Waals surface area contributed by atoms with Crippen LogP contribution in [0, 0.1) is 0 Å². The Morgan fingerprint density at radius 1 is 1.28 bits per heavy atom. The molecule has 0 unspecified atom stereocenters. The van der Waals surface area contributed by atoms with Gasteiger partial charge in [0.25, 0.3) is 0 Å². The van der Waals surface area contributed by atoms with E-state index in [0.29, 0.717) is 36.4 Å². The average Bonchev–Trinajstić information content (AvgIpc) is 2.77. The number of β-amino-alcohol motifs (C(OH)–C–C–N with tert-alkyl or cyclic N) is 1. The van der Waals surface area contributed by atoms with E-state index in [4.69, 9.17) is 16.0 Å². The van der Waals surface area contributed by atoms with Gasteiger partial charge in [0.2, 0.25) is 11.8 Å². The van der Waals surface area contributed by atoms with E-state index in [-0.39, 0.29) is 6.10 Å². The molecule has 1 aromatic heterocycles. The molecule has 5 nitrogen and oxygen atoms in total. The number of benzene rings is 1. The average molecular weight is 266 g/mol. The van der Waals surface area contributed by atoms with Gasteiger partial charge >= 0.3 is 0 Å². The minimum absolute atomic E-state index is 0.219. The van der Waals surface area contributed by atoms with Crippen molar-refractivity contribution in [2.45, 2.75) is 12.6 Å². The molecule has 0 atom stereocenters. The molecule has 0 aliphatic carbocycles. The zero-order chi connectivity index (χ0) is 12.5. The Morgan fingerprint density at radius 2 is 2.00 bits per heavy atom. The molecule has 2 aromatic rings. The zero-order valence-electron chi connectivity index (χ0n) is 9.58. The fourth-order valence-corrected chi connectivity index (χ4v) is 2.02. The third-order valence-corrected chi connectivity index (χ3v) is 3.11. The number of hydrogen-bond acceptors (Lipinski definition) is 5. The van der Waals surface area contributed by atoms with Crippen LogP contribution in [0.25, 0.3) is 11.5 Å². The third kappa shape index (κ3) is 2.38. The van der Waals surface area contributed by atoms with Crippen molar-refractivity contribution in [3.63, 3.8) is 0 Å². The van der Waals surface area contributed by atoms with Crippen LogP contribution in [0.3, 0.4) is 0 Å². The fraction of sp³-hybridized carbons (Fsp3) is 0.333. The SMILES string of the molecule is OC1CN(Cc2nnc(-c3ccc(Cl)cc3)o2)C1. The number of likely N-dealkylation sites (tertiary alicyclic amines) is 1. The van der Waals surface area contributed by atoms with Crippen molar-refractivity contribution in [2.24, 2.45) is 0 Å². The number of aliphatic hydroxyl groups is 1. The maximum atomic E-state index is 9.18. The molecule has 6 heteroatoms. The monoisotopic (exact) mass is 265 g/mol. The summed E-state index contributed by atoms with van der Waals surface area (Å²) in [5.41, 5.74) is 0.849. The molecule has 1 aliphatic heterocycles. The van der Waals surface area contributed by atoms with Crippen molar-refractivity contribution in [3.8, 4) is 11.5 Å². The van der Waals surface area contributed by atoms with Gasteiger partial charge in [-0.05, 0) is 24.3 Å². The predicted octanol–water partition coefficient (Wildman–Crippen LogP) is 1.57. The molecule has 0 bridgehead atoms. The number of aromatic nitrogens is 2. The highest BCUT2D eigenvalue weighted by molar-refractivity contribution is 6.30. The van der Waals surface area contributed by atoms with Crippen LogP contribution in [-0.4, -0.2) is 39.4 Å².